The number of rotatable bonds is 24. The monoisotopic (exact) mass is 1590 g/mol. The first kappa shape index (κ1) is 81.4. The zero-order valence-electron chi connectivity index (χ0n) is 67.2. The summed E-state index contributed by atoms with van der Waals surface area (Å²) >= 11 is 3.40. The Bertz CT molecular complexity index is 4570. The summed E-state index contributed by atoms with van der Waals surface area (Å²) in [5, 5.41) is 24.4. The number of aliphatic carboxylic acids is 1. The van der Waals surface area contributed by atoms with Gasteiger partial charge in [0, 0.05) is 195 Å². The Morgan fingerprint density at radius 2 is 1.09 bits per heavy atom. The molecule has 16 rings (SSSR count). The molecule has 0 radical (unpaired) electrons. The number of halogens is 2. The number of anilines is 5. The van der Waals surface area contributed by atoms with Crippen molar-refractivity contribution in [1.29, 1.82) is 0 Å². The number of benzene rings is 3. The highest BCUT2D eigenvalue weighted by Crippen LogP contribution is 2.43. The maximum Gasteiger partial charge on any atom is 0.312 e. The normalized spacial score (nSPS) is 19.4. The molecule has 2 atom stereocenters. The molecule has 28 heteroatoms. The third kappa shape index (κ3) is 20.2. The second kappa shape index (κ2) is 38.1. The fourth-order valence-electron chi connectivity index (χ4n) is 16.9. The second-order valence-electron chi connectivity index (χ2n) is 31.9. The van der Waals surface area contributed by atoms with E-state index in [1.165, 1.54) is 31.6 Å². The van der Waals surface area contributed by atoms with Crippen molar-refractivity contribution < 1.29 is 42.4 Å². The molecule has 0 aliphatic carbocycles. The number of hydrogen-bond acceptors (Lipinski definition) is 24. The summed E-state index contributed by atoms with van der Waals surface area (Å²) in [6.45, 7) is 32.9. The fourth-order valence-corrected chi connectivity index (χ4v) is 18.7. The number of aromatic nitrogens is 7. The van der Waals surface area contributed by atoms with Crippen molar-refractivity contribution in [1.82, 2.24) is 59.2 Å². The lowest BCUT2D eigenvalue weighted by Crippen LogP contribution is -2.37. The topological polar surface area (TPSA) is 198 Å². The molecule has 3 aromatic carbocycles. The number of fused-ring (bicyclic) bond motifs is 3. The molecule has 0 spiro atoms. The summed E-state index contributed by atoms with van der Waals surface area (Å²) in [5.74, 6) is -0.978. The van der Waals surface area contributed by atoms with Crippen molar-refractivity contribution in [2.24, 2.45) is 5.41 Å². The molecule has 608 valence electrons. The van der Waals surface area contributed by atoms with Crippen LogP contribution in [0.1, 0.15) is 120 Å². The number of carboxylic acid groups (broad SMARTS) is 1. The van der Waals surface area contributed by atoms with E-state index in [1.54, 1.807) is 50.7 Å². The minimum absolute atomic E-state index is 0.0465. The molecule has 0 amide bonds. The number of pyridine rings is 3. The summed E-state index contributed by atoms with van der Waals surface area (Å²) in [5.41, 5.74) is 9.40. The minimum Gasteiger partial charge on any atom is -0.494 e. The fraction of sp³-hybridized carbons (Fsp3) is 0.565. The minimum atomic E-state index is -2.58. The molecule has 7 saturated heterocycles. The van der Waals surface area contributed by atoms with Gasteiger partial charge in [-0.25, -0.2) is 18.7 Å². The van der Waals surface area contributed by atoms with E-state index >= 15 is 0 Å². The van der Waals surface area contributed by atoms with E-state index in [2.05, 4.69) is 128 Å². The first-order valence-corrected chi connectivity index (χ1v) is 42.7. The molecule has 0 bridgehead atoms. The molecule has 7 aliphatic heterocycles. The van der Waals surface area contributed by atoms with Crippen LogP contribution in [-0.2, 0) is 20.8 Å². The highest BCUT2D eigenvalue weighted by Gasteiger charge is 2.40. The smallest absolute Gasteiger partial charge is 0.312 e. The highest BCUT2D eigenvalue weighted by molar-refractivity contribution is 7.14. The van der Waals surface area contributed by atoms with Gasteiger partial charge in [0.1, 0.15) is 40.9 Å². The van der Waals surface area contributed by atoms with E-state index in [-0.39, 0.29) is 25.6 Å². The van der Waals surface area contributed by atoms with Crippen LogP contribution in [0, 0.1) is 12.3 Å². The number of aryl methyl sites for hydroxylation is 1. The van der Waals surface area contributed by atoms with Crippen molar-refractivity contribution in [3.63, 3.8) is 0 Å². The van der Waals surface area contributed by atoms with E-state index < -0.39 is 17.3 Å². The van der Waals surface area contributed by atoms with Crippen molar-refractivity contribution in [3.05, 3.63) is 131 Å². The molecule has 24 nitrogen and oxygen atoms in total. The SMILES string of the molecule is COc1ccc2cccnc2c1N1CCCN(C(CCN2CCC(F)(F)C2)c2csc(N3CCOCC3)n2)CC1.COc1ccc2cccnc2c1N1CCCN(C(CCN2CCCC2)c2ccn(C(C)C)n2)CC1.Cc1cc2cccnc2c(N2CCCN(Cc3csc(N4CCOCC4)n3)CC2)c1OCC(C)(C)C(=O)O. The van der Waals surface area contributed by atoms with E-state index in [0.717, 1.165) is 271 Å². The number of hydrogen-bond donors (Lipinski definition) is 1. The Morgan fingerprint density at radius 1 is 0.566 bits per heavy atom. The molecular formula is C85H115F2N17O7S2. The maximum absolute atomic E-state index is 13.9. The predicted octanol–water partition coefficient (Wildman–Crippen LogP) is 13.3. The maximum atomic E-state index is 13.9. The van der Waals surface area contributed by atoms with Gasteiger partial charge in [-0.15, -0.1) is 22.7 Å². The zero-order valence-corrected chi connectivity index (χ0v) is 68.8. The molecule has 13 heterocycles. The molecule has 1 N–H and O–H groups in total. The highest BCUT2D eigenvalue weighted by atomic mass is 32.1. The number of methoxy groups -OCH3 is 2. The van der Waals surface area contributed by atoms with E-state index in [1.807, 2.05) is 54.7 Å². The van der Waals surface area contributed by atoms with Crippen molar-refractivity contribution in [3.8, 4) is 17.2 Å². The lowest BCUT2D eigenvalue weighted by Gasteiger charge is -2.31. The predicted molar refractivity (Wildman–Crippen MR) is 448 cm³/mol. The largest absolute Gasteiger partial charge is 0.494 e. The summed E-state index contributed by atoms with van der Waals surface area (Å²) in [7, 11) is 3.47. The second-order valence-corrected chi connectivity index (χ2v) is 33.6. The number of morpholine rings is 2. The molecule has 7 aliphatic rings. The van der Waals surface area contributed by atoms with Crippen LogP contribution in [0.3, 0.4) is 0 Å². The average Bonchev–Trinajstić information content (AvgIpc) is 1.60. The van der Waals surface area contributed by atoms with Gasteiger partial charge in [0.2, 0.25) is 0 Å². The van der Waals surface area contributed by atoms with E-state index in [4.69, 9.17) is 53.7 Å². The molecule has 0 saturated carbocycles. The van der Waals surface area contributed by atoms with Crippen LogP contribution in [0.4, 0.5) is 36.1 Å². The van der Waals surface area contributed by atoms with Crippen LogP contribution in [0.2, 0.25) is 0 Å². The lowest BCUT2D eigenvalue weighted by atomic mass is 9.95. The van der Waals surface area contributed by atoms with Crippen LogP contribution < -0.4 is 38.7 Å². The van der Waals surface area contributed by atoms with Gasteiger partial charge in [-0.05, 0) is 153 Å². The number of carboxylic acids is 1. The molecule has 7 fully saturated rings. The summed E-state index contributed by atoms with van der Waals surface area (Å²) in [6.07, 6.45) is 15.3. The van der Waals surface area contributed by atoms with Crippen molar-refractivity contribution in [2.75, 3.05) is 216 Å². The van der Waals surface area contributed by atoms with Crippen molar-refractivity contribution >= 4 is 88.7 Å². The zero-order chi connectivity index (χ0) is 78.4. The van der Waals surface area contributed by atoms with Crippen molar-refractivity contribution in [2.45, 2.75) is 117 Å². The van der Waals surface area contributed by atoms with Gasteiger partial charge in [-0.3, -0.25) is 44.0 Å². The van der Waals surface area contributed by atoms with Gasteiger partial charge >= 0.3 is 5.97 Å². The van der Waals surface area contributed by atoms with E-state index in [0.29, 0.717) is 25.2 Å². The average molecular weight is 1590 g/mol. The number of ether oxygens (including phenoxy) is 5. The molecule has 113 heavy (non-hydrogen) atoms. The van der Waals surface area contributed by atoms with Crippen LogP contribution in [-0.4, -0.2) is 267 Å². The molecule has 2 unspecified atom stereocenters. The van der Waals surface area contributed by atoms with Gasteiger partial charge in [-0.1, -0.05) is 18.2 Å². The first-order chi connectivity index (χ1) is 55.0. The number of likely N-dealkylation sites (tertiary alicyclic amines) is 2. The Kier molecular flexibility index (Phi) is 27.4. The lowest BCUT2D eigenvalue weighted by molar-refractivity contribution is -0.148. The van der Waals surface area contributed by atoms with Crippen LogP contribution >= 0.6 is 22.7 Å². The summed E-state index contributed by atoms with van der Waals surface area (Å²) in [4.78, 5) is 60.0. The van der Waals surface area contributed by atoms with Crippen LogP contribution in [0.25, 0.3) is 32.7 Å². The molecule has 6 aromatic heterocycles. The Hall–Kier alpha value is -8.19. The number of carbonyl (C=O) groups is 1. The third-order valence-corrected chi connectivity index (χ3v) is 25.1. The Balaban J connectivity index is 0.000000141. The van der Waals surface area contributed by atoms with Gasteiger partial charge in [0.25, 0.3) is 5.92 Å². The summed E-state index contributed by atoms with van der Waals surface area (Å²) in [6, 6.07) is 25.6. The standard InChI is InChI=1S/C29H38F2N6O2S.C28H40N6O.C28H37N5O4S/c1-38-25-6-5-22-4-2-9-32-26(22)27(25)36-11-3-10-35(14-15-36)24(7-12-34-13-8-29(30,31)21-34)23-20-40-28(33-23)37-16-18-39-19-17-37;1-22(2)34-19-11-24(30-34)25(12-18-31-14-4-5-15-31)32-16-7-17-33(21-20-32)28-26(35-3)10-9-23-8-6-13-29-27(23)28;1-20-16-21-6-4-7-29-23(21)24(25(20)37-19-28(2,3)26(34)35)32-9-5-8-31(10-11-32)17-22-18-38-27(30-22)33-12-14-36-15-13-33/h2,4-6,9,20,24H,3,7-8,10-19,21H2,1H3;6,8-11,13,19,22,25H,4-5,7,12,14-18,20-21H2,1-3H3;4,6-7,16,18H,5,8-15,17,19H2,1-3H3,(H,34,35). The van der Waals surface area contributed by atoms with Gasteiger partial charge < -0.3 is 58.2 Å². The van der Waals surface area contributed by atoms with E-state index in [9.17, 15) is 18.7 Å². The van der Waals surface area contributed by atoms with Gasteiger partial charge in [0.15, 0.2) is 10.3 Å². The summed E-state index contributed by atoms with van der Waals surface area (Å²) < 4.78 is 58.8. The quantitative estimate of drug-likeness (QED) is 0.0598. The first-order valence-electron chi connectivity index (χ1n) is 40.9. The molecule has 9 aromatic rings. The number of nitrogens with zero attached hydrogens (tertiary/aromatic N) is 17. The number of thiazole rings is 2. The van der Waals surface area contributed by atoms with Crippen LogP contribution in [0.5, 0.6) is 17.2 Å². The molecular weight excluding hydrogens is 1470 g/mol. The Morgan fingerprint density at radius 3 is 1.65 bits per heavy atom. The van der Waals surface area contributed by atoms with Crippen LogP contribution in [0.15, 0.2) is 108 Å². The van der Waals surface area contributed by atoms with Gasteiger partial charge in [0.05, 0.1) is 98.3 Å². The number of alkyl halides is 2. The Labute approximate surface area is 672 Å². The third-order valence-electron chi connectivity index (χ3n) is 23.2. The van der Waals surface area contributed by atoms with Gasteiger partial charge in [-0.2, -0.15) is 5.10 Å².